The van der Waals surface area contributed by atoms with Gasteiger partial charge in [-0.1, -0.05) is 79.9 Å². The Bertz CT molecular complexity index is 1390. The maximum atomic E-state index is 10.2. The molecule has 1 aliphatic carbocycles. The van der Waals surface area contributed by atoms with Crippen LogP contribution in [0.5, 0.6) is 11.5 Å². The van der Waals surface area contributed by atoms with E-state index in [9.17, 15) is 5.11 Å². The molecule has 1 fully saturated rings. The molecule has 0 spiro atoms. The minimum absolute atomic E-state index is 0.278. The van der Waals surface area contributed by atoms with E-state index in [1.807, 2.05) is 19.9 Å². The fourth-order valence-corrected chi connectivity index (χ4v) is 5.74. The van der Waals surface area contributed by atoms with Crippen LogP contribution in [0, 0.1) is 13.8 Å². The zero-order valence-electron chi connectivity index (χ0n) is 22.5. The van der Waals surface area contributed by atoms with Crippen molar-refractivity contribution >= 4 is 10.8 Å². The minimum atomic E-state index is -0.421. The Balaban J connectivity index is 1.51. The van der Waals surface area contributed by atoms with Gasteiger partial charge in [-0.25, -0.2) is 0 Å². The van der Waals surface area contributed by atoms with Crippen LogP contribution < -0.4 is 4.74 Å². The first-order valence-corrected chi connectivity index (χ1v) is 13.6. The van der Waals surface area contributed by atoms with E-state index in [1.165, 1.54) is 41.2 Å². The Labute approximate surface area is 221 Å². The number of ether oxygens (including phenoxy) is 2. The van der Waals surface area contributed by atoms with Crippen LogP contribution in [0.2, 0.25) is 0 Å². The number of benzene rings is 4. The summed E-state index contributed by atoms with van der Waals surface area (Å²) in [6, 6.07) is 27.6. The summed E-state index contributed by atoms with van der Waals surface area (Å²) in [5.74, 6) is 1.17. The van der Waals surface area contributed by atoms with Crippen molar-refractivity contribution in [3.8, 4) is 11.5 Å². The summed E-state index contributed by atoms with van der Waals surface area (Å²) in [5, 5.41) is 12.7. The first-order valence-electron chi connectivity index (χ1n) is 13.6. The van der Waals surface area contributed by atoms with Gasteiger partial charge in [-0.15, -0.1) is 0 Å². The van der Waals surface area contributed by atoms with Crippen LogP contribution in [-0.2, 0) is 10.2 Å². The van der Waals surface area contributed by atoms with Crippen LogP contribution >= 0.6 is 0 Å². The molecule has 1 N–H and O–H groups in total. The first kappa shape index (κ1) is 25.4. The highest BCUT2D eigenvalue weighted by atomic mass is 16.7. The summed E-state index contributed by atoms with van der Waals surface area (Å²) in [6.07, 6.45) is 6.08. The number of fused-ring (bicyclic) bond motifs is 1. The van der Waals surface area contributed by atoms with Gasteiger partial charge in [-0.3, -0.25) is 0 Å². The van der Waals surface area contributed by atoms with Gasteiger partial charge in [0.1, 0.15) is 11.5 Å². The number of hydrogen-bond acceptors (Lipinski definition) is 3. The Morgan fingerprint density at radius 1 is 0.757 bits per heavy atom. The molecule has 3 nitrogen and oxygen atoms in total. The molecule has 4 aromatic carbocycles. The molecule has 2 atom stereocenters. The SMILES string of the molecule is Cc1cc(C(C)(c2ccc(OC(C)OC3CCCCC3)c(C)c2)c2ccc3ccccc3c2)ccc1O. The van der Waals surface area contributed by atoms with E-state index < -0.39 is 5.41 Å². The summed E-state index contributed by atoms with van der Waals surface area (Å²) in [4.78, 5) is 0. The van der Waals surface area contributed by atoms with E-state index in [4.69, 9.17) is 9.47 Å². The largest absolute Gasteiger partial charge is 0.508 e. The fourth-order valence-electron chi connectivity index (χ4n) is 5.74. The van der Waals surface area contributed by atoms with Gasteiger partial charge < -0.3 is 14.6 Å². The summed E-state index contributed by atoms with van der Waals surface area (Å²) < 4.78 is 12.5. The molecule has 0 amide bonds. The van der Waals surface area contributed by atoms with Gasteiger partial charge in [0.2, 0.25) is 0 Å². The van der Waals surface area contributed by atoms with Crippen molar-refractivity contribution in [2.75, 3.05) is 0 Å². The molecule has 0 aromatic heterocycles. The third kappa shape index (κ3) is 5.24. The van der Waals surface area contributed by atoms with E-state index in [-0.39, 0.29) is 6.29 Å². The molecule has 5 rings (SSSR count). The van der Waals surface area contributed by atoms with E-state index in [0.29, 0.717) is 11.9 Å². The number of aryl methyl sites for hydroxylation is 2. The summed E-state index contributed by atoms with van der Waals surface area (Å²) in [5.41, 5.74) is 5.06. The molecule has 192 valence electrons. The van der Waals surface area contributed by atoms with Crippen molar-refractivity contribution in [3.05, 3.63) is 107 Å². The maximum Gasteiger partial charge on any atom is 0.197 e. The predicted octanol–water partition coefficient (Wildman–Crippen LogP) is 8.59. The lowest BCUT2D eigenvalue weighted by atomic mass is 9.70. The van der Waals surface area contributed by atoms with Crippen LogP contribution in [0.25, 0.3) is 10.8 Å². The normalized spacial score (nSPS) is 16.9. The summed E-state index contributed by atoms with van der Waals surface area (Å²) in [6.45, 7) is 8.33. The van der Waals surface area contributed by atoms with Crippen molar-refractivity contribution in [1.82, 2.24) is 0 Å². The average molecular weight is 495 g/mol. The molecule has 37 heavy (non-hydrogen) atoms. The van der Waals surface area contributed by atoms with Gasteiger partial charge in [0.15, 0.2) is 6.29 Å². The fraction of sp³-hybridized carbons (Fsp3) is 0.353. The standard InChI is InChI=1S/C34H38O3/c1-23-20-28(16-18-32(23)35)34(4,30-15-14-26-10-8-9-11-27(26)22-30)29-17-19-33(24(2)21-29)37-25(3)36-31-12-6-5-7-13-31/h8-11,14-22,25,31,35H,5-7,12-13H2,1-4H3. The third-order valence-electron chi connectivity index (χ3n) is 8.08. The van der Waals surface area contributed by atoms with Gasteiger partial charge in [0.05, 0.1) is 6.10 Å². The van der Waals surface area contributed by atoms with E-state index in [0.717, 1.165) is 35.3 Å². The molecule has 0 saturated heterocycles. The number of rotatable bonds is 7. The van der Waals surface area contributed by atoms with Gasteiger partial charge in [-0.05, 0) is 97.3 Å². The van der Waals surface area contributed by atoms with E-state index in [2.05, 4.69) is 80.6 Å². The van der Waals surface area contributed by atoms with Crippen LogP contribution in [0.1, 0.15) is 73.8 Å². The van der Waals surface area contributed by atoms with Gasteiger partial charge in [0, 0.05) is 5.41 Å². The zero-order chi connectivity index (χ0) is 26.0. The monoisotopic (exact) mass is 494 g/mol. The summed E-state index contributed by atoms with van der Waals surface area (Å²) >= 11 is 0. The van der Waals surface area contributed by atoms with Crippen molar-refractivity contribution in [1.29, 1.82) is 0 Å². The quantitative estimate of drug-likeness (QED) is 0.206. The molecule has 1 aliphatic rings. The second-order valence-electron chi connectivity index (χ2n) is 10.8. The number of phenols is 1. The van der Waals surface area contributed by atoms with Crippen LogP contribution in [0.4, 0.5) is 0 Å². The van der Waals surface area contributed by atoms with Gasteiger partial charge in [-0.2, -0.15) is 0 Å². The zero-order valence-corrected chi connectivity index (χ0v) is 22.5. The minimum Gasteiger partial charge on any atom is -0.508 e. The Kier molecular flexibility index (Phi) is 7.26. The molecule has 4 aromatic rings. The smallest absolute Gasteiger partial charge is 0.197 e. The lowest BCUT2D eigenvalue weighted by Gasteiger charge is -2.33. The highest BCUT2D eigenvalue weighted by molar-refractivity contribution is 5.83. The van der Waals surface area contributed by atoms with E-state index in [1.54, 1.807) is 6.07 Å². The lowest BCUT2D eigenvalue weighted by molar-refractivity contribution is -0.117. The molecule has 0 radical (unpaired) electrons. The van der Waals surface area contributed by atoms with Crippen molar-refractivity contribution in [2.24, 2.45) is 0 Å². The number of hydrogen-bond donors (Lipinski definition) is 1. The Morgan fingerprint density at radius 2 is 1.38 bits per heavy atom. The second-order valence-corrected chi connectivity index (χ2v) is 10.8. The third-order valence-corrected chi connectivity index (χ3v) is 8.08. The molecule has 3 heteroatoms. The molecule has 0 heterocycles. The first-order chi connectivity index (χ1) is 17.8. The van der Waals surface area contributed by atoms with Crippen molar-refractivity contribution in [2.45, 2.75) is 77.6 Å². The van der Waals surface area contributed by atoms with Crippen molar-refractivity contribution in [3.63, 3.8) is 0 Å². The molecule has 0 aliphatic heterocycles. The summed E-state index contributed by atoms with van der Waals surface area (Å²) in [7, 11) is 0. The van der Waals surface area contributed by atoms with Crippen LogP contribution in [-0.4, -0.2) is 17.5 Å². The second kappa shape index (κ2) is 10.6. The van der Waals surface area contributed by atoms with Gasteiger partial charge in [0.25, 0.3) is 0 Å². The molecular formula is C34H38O3. The molecule has 2 unspecified atom stereocenters. The number of aromatic hydroxyl groups is 1. The molecule has 1 saturated carbocycles. The van der Waals surface area contributed by atoms with Gasteiger partial charge >= 0.3 is 0 Å². The topological polar surface area (TPSA) is 38.7 Å². The average Bonchev–Trinajstić information content (AvgIpc) is 2.91. The number of phenolic OH excluding ortho intramolecular Hbond substituents is 1. The lowest BCUT2D eigenvalue weighted by Crippen LogP contribution is -2.27. The maximum absolute atomic E-state index is 10.2. The van der Waals surface area contributed by atoms with Crippen molar-refractivity contribution < 1.29 is 14.6 Å². The molecular weight excluding hydrogens is 456 g/mol. The van der Waals surface area contributed by atoms with Crippen LogP contribution in [0.15, 0.2) is 78.9 Å². The highest BCUT2D eigenvalue weighted by Crippen LogP contribution is 2.42. The highest BCUT2D eigenvalue weighted by Gasteiger charge is 2.32. The van der Waals surface area contributed by atoms with E-state index >= 15 is 0 Å². The van der Waals surface area contributed by atoms with Crippen LogP contribution in [0.3, 0.4) is 0 Å². The molecule has 0 bridgehead atoms. The predicted molar refractivity (Wildman–Crippen MR) is 152 cm³/mol. The Morgan fingerprint density at radius 3 is 2.08 bits per heavy atom. The Hall–Kier alpha value is -3.30.